The molecule has 0 fully saturated rings. The van der Waals surface area contributed by atoms with Crippen LogP contribution >= 0.6 is 0 Å². The topological polar surface area (TPSA) is 91.2 Å². The number of para-hydroxylation sites is 1. The van der Waals surface area contributed by atoms with Crippen molar-refractivity contribution in [1.82, 2.24) is 10.3 Å². The molecule has 1 aromatic carbocycles. The van der Waals surface area contributed by atoms with Gasteiger partial charge < -0.3 is 14.7 Å². The number of benzene rings is 1. The molecule has 0 saturated heterocycles. The van der Waals surface area contributed by atoms with Crippen LogP contribution in [0.2, 0.25) is 0 Å². The van der Waals surface area contributed by atoms with Gasteiger partial charge in [-0.1, -0.05) is 6.07 Å². The van der Waals surface area contributed by atoms with Crippen molar-refractivity contribution in [3.05, 3.63) is 23.8 Å². The highest BCUT2D eigenvalue weighted by atomic mass is 16.5. The van der Waals surface area contributed by atoms with Crippen LogP contribution in [0.25, 0.3) is 0 Å². The first kappa shape index (κ1) is 16.5. The van der Waals surface area contributed by atoms with Gasteiger partial charge in [-0.3, -0.25) is 9.59 Å². The van der Waals surface area contributed by atoms with E-state index in [-0.39, 0.29) is 5.75 Å². The Morgan fingerprint density at radius 3 is 2.62 bits per heavy atom. The fraction of sp³-hybridized carbons (Fsp3) is 0.357. The number of phenols is 1. The maximum atomic E-state index is 11.7. The van der Waals surface area contributed by atoms with E-state index >= 15 is 0 Å². The summed E-state index contributed by atoms with van der Waals surface area (Å²) in [5.41, 5.74) is 2.50. The van der Waals surface area contributed by atoms with Gasteiger partial charge >= 0.3 is 11.8 Å². The lowest BCUT2D eigenvalue weighted by Crippen LogP contribution is -2.41. The summed E-state index contributed by atoms with van der Waals surface area (Å²) in [6.07, 6.45) is 1.24. The highest BCUT2D eigenvalue weighted by Gasteiger charge is 2.18. The second kappa shape index (κ2) is 7.88. The molecule has 0 atom stereocenters. The molecule has 2 N–H and O–H groups in total. The van der Waals surface area contributed by atoms with Gasteiger partial charge in [-0.15, -0.1) is 0 Å². The van der Waals surface area contributed by atoms with E-state index in [9.17, 15) is 14.7 Å². The number of aromatic hydroxyl groups is 1. The van der Waals surface area contributed by atoms with Crippen molar-refractivity contribution >= 4 is 18.0 Å². The van der Waals surface area contributed by atoms with Gasteiger partial charge in [-0.05, 0) is 26.0 Å². The molecular weight excluding hydrogens is 274 g/mol. The standard InChI is InChI=1S/C14H19N3O4/c1-4-17(5-2)14(20)13(19)16-15-9-10-7-6-8-11(21-3)12(10)18/h6-9,18H,4-5H2,1-3H3,(H,16,19). The summed E-state index contributed by atoms with van der Waals surface area (Å²) in [6.45, 7) is 4.46. The maximum Gasteiger partial charge on any atom is 0.329 e. The lowest BCUT2D eigenvalue weighted by molar-refractivity contribution is -0.145. The van der Waals surface area contributed by atoms with E-state index in [1.807, 2.05) is 0 Å². The number of hydrogen-bond acceptors (Lipinski definition) is 5. The van der Waals surface area contributed by atoms with E-state index < -0.39 is 11.8 Å². The molecule has 21 heavy (non-hydrogen) atoms. The van der Waals surface area contributed by atoms with E-state index in [4.69, 9.17) is 4.74 Å². The molecule has 0 radical (unpaired) electrons. The second-order valence-electron chi connectivity index (χ2n) is 4.07. The van der Waals surface area contributed by atoms with Crippen LogP contribution in [0.15, 0.2) is 23.3 Å². The summed E-state index contributed by atoms with van der Waals surface area (Å²) in [7, 11) is 1.43. The van der Waals surface area contributed by atoms with Crippen molar-refractivity contribution in [1.29, 1.82) is 0 Å². The van der Waals surface area contributed by atoms with Crippen molar-refractivity contribution in [3.8, 4) is 11.5 Å². The minimum absolute atomic E-state index is 0.0898. The predicted molar refractivity (Wildman–Crippen MR) is 78.3 cm³/mol. The molecular formula is C14H19N3O4. The summed E-state index contributed by atoms with van der Waals surface area (Å²) >= 11 is 0. The van der Waals surface area contributed by atoms with Crippen LogP contribution in [0.4, 0.5) is 0 Å². The number of methoxy groups -OCH3 is 1. The lowest BCUT2D eigenvalue weighted by atomic mass is 10.2. The molecule has 0 aliphatic rings. The molecule has 0 aromatic heterocycles. The highest BCUT2D eigenvalue weighted by Crippen LogP contribution is 2.27. The largest absolute Gasteiger partial charge is 0.504 e. The minimum atomic E-state index is -0.822. The Balaban J connectivity index is 2.71. The Hall–Kier alpha value is -2.57. The number of likely N-dealkylation sites (N-methyl/N-ethyl adjacent to an activating group) is 1. The average molecular weight is 293 g/mol. The summed E-state index contributed by atoms with van der Waals surface area (Å²) in [5.74, 6) is -1.26. The molecule has 0 heterocycles. The van der Waals surface area contributed by atoms with E-state index in [0.29, 0.717) is 24.4 Å². The van der Waals surface area contributed by atoms with Crippen molar-refractivity contribution in [3.63, 3.8) is 0 Å². The van der Waals surface area contributed by atoms with Crippen LogP contribution in [-0.2, 0) is 9.59 Å². The number of hydrazone groups is 1. The Labute approximate surface area is 123 Å². The number of amides is 2. The number of rotatable bonds is 5. The fourth-order valence-corrected chi connectivity index (χ4v) is 1.67. The van der Waals surface area contributed by atoms with Gasteiger partial charge in [-0.2, -0.15) is 5.10 Å². The summed E-state index contributed by atoms with van der Waals surface area (Å²) in [4.78, 5) is 24.7. The molecule has 7 heteroatoms. The molecule has 0 saturated carbocycles. The average Bonchev–Trinajstić information content (AvgIpc) is 2.49. The van der Waals surface area contributed by atoms with Gasteiger partial charge in [0.25, 0.3) is 0 Å². The summed E-state index contributed by atoms with van der Waals surface area (Å²) in [5, 5.41) is 13.5. The van der Waals surface area contributed by atoms with Crippen LogP contribution in [0, 0.1) is 0 Å². The van der Waals surface area contributed by atoms with E-state index in [2.05, 4.69) is 10.5 Å². The zero-order chi connectivity index (χ0) is 15.8. The van der Waals surface area contributed by atoms with Crippen LogP contribution < -0.4 is 10.2 Å². The Bertz CT molecular complexity index is 539. The molecule has 0 spiro atoms. The fourth-order valence-electron chi connectivity index (χ4n) is 1.67. The monoisotopic (exact) mass is 293 g/mol. The quantitative estimate of drug-likeness (QED) is 0.475. The first-order valence-electron chi connectivity index (χ1n) is 6.53. The Morgan fingerprint density at radius 2 is 2.05 bits per heavy atom. The van der Waals surface area contributed by atoms with E-state index in [0.717, 1.165) is 0 Å². The molecule has 1 aromatic rings. The molecule has 1 rings (SSSR count). The SMILES string of the molecule is CCN(CC)C(=O)C(=O)NN=Cc1cccc(OC)c1O. The molecule has 0 unspecified atom stereocenters. The third kappa shape index (κ3) is 4.20. The maximum absolute atomic E-state index is 11.7. The normalized spacial score (nSPS) is 10.4. The molecule has 0 aliphatic heterocycles. The molecule has 114 valence electrons. The number of carbonyl (C=O) groups excluding carboxylic acids is 2. The highest BCUT2D eigenvalue weighted by molar-refractivity contribution is 6.34. The van der Waals surface area contributed by atoms with Crippen LogP contribution in [0.5, 0.6) is 11.5 Å². The molecule has 0 aliphatic carbocycles. The number of phenolic OH excluding ortho intramolecular Hbond substituents is 1. The van der Waals surface area contributed by atoms with E-state index in [1.165, 1.54) is 18.2 Å². The summed E-state index contributed by atoms with van der Waals surface area (Å²) in [6, 6.07) is 4.86. The van der Waals surface area contributed by atoms with Crippen molar-refractivity contribution < 1.29 is 19.4 Å². The van der Waals surface area contributed by atoms with Crippen LogP contribution in [-0.4, -0.2) is 48.2 Å². The first-order chi connectivity index (χ1) is 10.0. The van der Waals surface area contributed by atoms with Gasteiger partial charge in [0, 0.05) is 18.7 Å². The van der Waals surface area contributed by atoms with Crippen molar-refractivity contribution in [2.24, 2.45) is 5.10 Å². The third-order valence-electron chi connectivity index (χ3n) is 2.86. The number of ether oxygens (including phenoxy) is 1. The summed E-state index contributed by atoms with van der Waals surface area (Å²) < 4.78 is 4.95. The Kier molecular flexibility index (Phi) is 6.19. The number of nitrogens with one attached hydrogen (secondary N) is 1. The zero-order valence-corrected chi connectivity index (χ0v) is 12.3. The van der Waals surface area contributed by atoms with Gasteiger partial charge in [0.15, 0.2) is 11.5 Å². The number of hydrogen-bond donors (Lipinski definition) is 2. The van der Waals surface area contributed by atoms with Gasteiger partial charge in [0.05, 0.1) is 13.3 Å². The smallest absolute Gasteiger partial charge is 0.329 e. The predicted octanol–water partition coefficient (Wildman–Crippen LogP) is 0.719. The lowest BCUT2D eigenvalue weighted by Gasteiger charge is -2.16. The molecule has 0 bridgehead atoms. The Morgan fingerprint density at radius 1 is 1.38 bits per heavy atom. The number of carbonyl (C=O) groups is 2. The van der Waals surface area contributed by atoms with Gasteiger partial charge in [0.2, 0.25) is 0 Å². The second-order valence-corrected chi connectivity index (χ2v) is 4.07. The minimum Gasteiger partial charge on any atom is -0.504 e. The van der Waals surface area contributed by atoms with Crippen molar-refractivity contribution in [2.75, 3.05) is 20.2 Å². The van der Waals surface area contributed by atoms with Crippen molar-refractivity contribution in [2.45, 2.75) is 13.8 Å². The zero-order valence-electron chi connectivity index (χ0n) is 12.3. The molecule has 7 nitrogen and oxygen atoms in total. The van der Waals surface area contributed by atoms with Crippen LogP contribution in [0.1, 0.15) is 19.4 Å². The van der Waals surface area contributed by atoms with Crippen LogP contribution in [0.3, 0.4) is 0 Å². The first-order valence-corrected chi connectivity index (χ1v) is 6.53. The van der Waals surface area contributed by atoms with E-state index in [1.54, 1.807) is 32.0 Å². The number of nitrogens with zero attached hydrogens (tertiary/aromatic N) is 2. The van der Waals surface area contributed by atoms with Gasteiger partial charge in [-0.25, -0.2) is 5.43 Å². The molecule has 2 amide bonds. The van der Waals surface area contributed by atoms with Gasteiger partial charge in [0.1, 0.15) is 0 Å². The third-order valence-corrected chi connectivity index (χ3v) is 2.86.